The first-order chi connectivity index (χ1) is 12.7. The van der Waals surface area contributed by atoms with Gasteiger partial charge in [-0.15, -0.1) is 24.0 Å². The van der Waals surface area contributed by atoms with Crippen LogP contribution in [0.1, 0.15) is 12.0 Å². The van der Waals surface area contributed by atoms with Crippen molar-refractivity contribution in [3.8, 4) is 17.2 Å². The maximum atomic E-state index is 5.80. The number of benzene rings is 2. The van der Waals surface area contributed by atoms with Gasteiger partial charge in [-0.25, -0.2) is 0 Å². The van der Waals surface area contributed by atoms with Crippen LogP contribution in [0.3, 0.4) is 0 Å². The minimum Gasteiger partial charge on any atom is -0.493 e. The van der Waals surface area contributed by atoms with Crippen LogP contribution in [0.5, 0.6) is 17.2 Å². The van der Waals surface area contributed by atoms with Crippen molar-refractivity contribution in [1.29, 1.82) is 0 Å². The van der Waals surface area contributed by atoms with Crippen LogP contribution in [0.15, 0.2) is 47.5 Å². The van der Waals surface area contributed by atoms with E-state index in [0.717, 1.165) is 30.0 Å². The second-order valence-corrected chi connectivity index (χ2v) is 5.66. The largest absolute Gasteiger partial charge is 0.493 e. The maximum Gasteiger partial charge on any atom is 0.195 e. The first kappa shape index (κ1) is 22.9. The Kier molecular flexibility index (Phi) is 10.4. The van der Waals surface area contributed by atoms with Gasteiger partial charge < -0.3 is 24.8 Å². The fourth-order valence-corrected chi connectivity index (χ4v) is 2.41. The van der Waals surface area contributed by atoms with Gasteiger partial charge >= 0.3 is 0 Å². The first-order valence-electron chi connectivity index (χ1n) is 8.56. The number of ether oxygens (including phenoxy) is 3. The van der Waals surface area contributed by atoms with Gasteiger partial charge in [0.15, 0.2) is 17.5 Å². The molecule has 0 aliphatic rings. The molecule has 0 saturated heterocycles. The molecule has 6 nitrogen and oxygen atoms in total. The van der Waals surface area contributed by atoms with Crippen LogP contribution >= 0.6 is 24.0 Å². The van der Waals surface area contributed by atoms with Crippen molar-refractivity contribution >= 4 is 35.6 Å². The summed E-state index contributed by atoms with van der Waals surface area (Å²) >= 11 is 0. The molecular weight excluding hydrogens is 457 g/mol. The molecule has 0 radical (unpaired) electrons. The normalized spacial score (nSPS) is 10.6. The molecule has 0 atom stereocenters. The fraction of sp³-hybridized carbons (Fsp3) is 0.350. The van der Waals surface area contributed by atoms with Crippen molar-refractivity contribution in [2.24, 2.45) is 4.99 Å². The lowest BCUT2D eigenvalue weighted by Gasteiger charge is -2.14. The second-order valence-electron chi connectivity index (χ2n) is 5.66. The summed E-state index contributed by atoms with van der Waals surface area (Å²) in [5.41, 5.74) is 2.01. The van der Waals surface area contributed by atoms with Crippen LogP contribution in [-0.4, -0.2) is 40.4 Å². The number of aliphatic imine (C=N–C) groups is 1. The number of anilines is 1. The van der Waals surface area contributed by atoms with Gasteiger partial charge in [-0.05, 0) is 37.1 Å². The van der Waals surface area contributed by atoms with E-state index >= 15 is 0 Å². The highest BCUT2D eigenvalue weighted by molar-refractivity contribution is 14.0. The van der Waals surface area contributed by atoms with Crippen LogP contribution in [0.2, 0.25) is 0 Å². The monoisotopic (exact) mass is 485 g/mol. The van der Waals surface area contributed by atoms with Gasteiger partial charge in [0.1, 0.15) is 5.75 Å². The number of para-hydroxylation sites is 1. The smallest absolute Gasteiger partial charge is 0.195 e. The van der Waals surface area contributed by atoms with E-state index in [2.05, 4.69) is 15.6 Å². The Labute approximate surface area is 178 Å². The molecule has 0 aliphatic heterocycles. The molecular formula is C20H28IN3O3. The van der Waals surface area contributed by atoms with Crippen LogP contribution in [0, 0.1) is 6.92 Å². The predicted molar refractivity (Wildman–Crippen MR) is 121 cm³/mol. The minimum atomic E-state index is 0. The number of aryl methyl sites for hydroxylation is 1. The van der Waals surface area contributed by atoms with Gasteiger partial charge in [0.05, 0.1) is 20.8 Å². The lowest BCUT2D eigenvalue weighted by molar-refractivity contribution is 0.309. The van der Waals surface area contributed by atoms with Crippen molar-refractivity contribution < 1.29 is 14.2 Å². The number of halogens is 1. The van der Waals surface area contributed by atoms with E-state index in [1.807, 2.05) is 49.4 Å². The molecule has 2 N–H and O–H groups in total. The summed E-state index contributed by atoms with van der Waals surface area (Å²) in [5, 5.41) is 6.51. The van der Waals surface area contributed by atoms with E-state index in [1.165, 1.54) is 0 Å². The van der Waals surface area contributed by atoms with E-state index in [0.29, 0.717) is 24.1 Å². The standard InChI is InChI=1S/C20H27N3O3.HI/c1-15-8-5-6-9-17(15)26-13-7-12-22-20(21-2)23-16-10-11-18(24-3)19(14-16)25-4;/h5-6,8-11,14H,7,12-13H2,1-4H3,(H2,21,22,23);1H. The van der Waals surface area contributed by atoms with Gasteiger partial charge in [-0.3, -0.25) is 4.99 Å². The zero-order valence-corrected chi connectivity index (χ0v) is 18.6. The number of hydrogen-bond donors (Lipinski definition) is 2. The van der Waals surface area contributed by atoms with E-state index < -0.39 is 0 Å². The number of guanidine groups is 1. The molecule has 0 bridgehead atoms. The molecule has 0 unspecified atom stereocenters. The summed E-state index contributed by atoms with van der Waals surface area (Å²) in [5.74, 6) is 2.97. The van der Waals surface area contributed by atoms with Gasteiger partial charge in [0, 0.05) is 25.3 Å². The molecule has 148 valence electrons. The molecule has 0 saturated carbocycles. The predicted octanol–water partition coefficient (Wildman–Crippen LogP) is 4.09. The summed E-state index contributed by atoms with van der Waals surface area (Å²) in [6, 6.07) is 13.7. The molecule has 2 aromatic carbocycles. The third-order valence-corrected chi connectivity index (χ3v) is 3.83. The Hall–Kier alpha value is -2.16. The molecule has 0 amide bonds. The van der Waals surface area contributed by atoms with Crippen LogP contribution < -0.4 is 24.8 Å². The number of rotatable bonds is 8. The topological polar surface area (TPSA) is 64.1 Å². The molecule has 0 fully saturated rings. The molecule has 0 aromatic heterocycles. The molecule has 0 aliphatic carbocycles. The third kappa shape index (κ3) is 7.16. The van der Waals surface area contributed by atoms with E-state index in [9.17, 15) is 0 Å². The lowest BCUT2D eigenvalue weighted by Crippen LogP contribution is -2.32. The van der Waals surface area contributed by atoms with Crippen LogP contribution in [-0.2, 0) is 0 Å². The number of methoxy groups -OCH3 is 2. The minimum absolute atomic E-state index is 0. The van der Waals surface area contributed by atoms with E-state index in [-0.39, 0.29) is 24.0 Å². The summed E-state index contributed by atoms with van der Waals surface area (Å²) in [6.45, 7) is 3.44. The summed E-state index contributed by atoms with van der Waals surface area (Å²) in [4.78, 5) is 4.23. The zero-order chi connectivity index (χ0) is 18.8. The summed E-state index contributed by atoms with van der Waals surface area (Å²) in [7, 11) is 4.97. The Morgan fingerprint density at radius 1 is 1.00 bits per heavy atom. The number of nitrogens with one attached hydrogen (secondary N) is 2. The Morgan fingerprint density at radius 2 is 1.74 bits per heavy atom. The molecule has 2 rings (SSSR count). The third-order valence-electron chi connectivity index (χ3n) is 3.83. The SMILES string of the molecule is CN=C(NCCCOc1ccccc1C)Nc1ccc(OC)c(OC)c1.I. The second kappa shape index (κ2) is 12.3. The van der Waals surface area contributed by atoms with Crippen LogP contribution in [0.25, 0.3) is 0 Å². The van der Waals surface area contributed by atoms with Gasteiger partial charge in [0.2, 0.25) is 0 Å². The number of hydrogen-bond acceptors (Lipinski definition) is 4. The highest BCUT2D eigenvalue weighted by Gasteiger charge is 2.06. The lowest BCUT2D eigenvalue weighted by atomic mass is 10.2. The maximum absolute atomic E-state index is 5.80. The van der Waals surface area contributed by atoms with Crippen molar-refractivity contribution in [2.75, 3.05) is 39.7 Å². The van der Waals surface area contributed by atoms with E-state index in [1.54, 1.807) is 21.3 Å². The average molecular weight is 485 g/mol. The first-order valence-corrected chi connectivity index (χ1v) is 8.56. The molecule has 0 heterocycles. The zero-order valence-electron chi connectivity index (χ0n) is 16.2. The summed E-state index contributed by atoms with van der Waals surface area (Å²) < 4.78 is 16.4. The van der Waals surface area contributed by atoms with Crippen molar-refractivity contribution in [2.45, 2.75) is 13.3 Å². The molecule has 27 heavy (non-hydrogen) atoms. The van der Waals surface area contributed by atoms with E-state index in [4.69, 9.17) is 14.2 Å². The quantitative estimate of drug-likeness (QED) is 0.255. The number of nitrogens with zero attached hydrogens (tertiary/aromatic N) is 1. The Balaban J connectivity index is 0.00000364. The van der Waals surface area contributed by atoms with Crippen LogP contribution in [0.4, 0.5) is 5.69 Å². The summed E-state index contributed by atoms with van der Waals surface area (Å²) in [6.07, 6.45) is 0.862. The highest BCUT2D eigenvalue weighted by atomic mass is 127. The molecule has 0 spiro atoms. The average Bonchev–Trinajstić information content (AvgIpc) is 2.67. The van der Waals surface area contributed by atoms with Crippen molar-refractivity contribution in [1.82, 2.24) is 5.32 Å². The van der Waals surface area contributed by atoms with Gasteiger partial charge in [-0.1, -0.05) is 18.2 Å². The van der Waals surface area contributed by atoms with Gasteiger partial charge in [0.25, 0.3) is 0 Å². The highest BCUT2D eigenvalue weighted by Crippen LogP contribution is 2.29. The Bertz CT molecular complexity index is 738. The van der Waals surface area contributed by atoms with Gasteiger partial charge in [-0.2, -0.15) is 0 Å². The molecule has 7 heteroatoms. The van der Waals surface area contributed by atoms with Crippen molar-refractivity contribution in [3.63, 3.8) is 0 Å². The van der Waals surface area contributed by atoms with Crippen molar-refractivity contribution in [3.05, 3.63) is 48.0 Å². The Morgan fingerprint density at radius 3 is 2.41 bits per heavy atom. The fourth-order valence-electron chi connectivity index (χ4n) is 2.41. The molecule has 2 aromatic rings.